The molecule has 3 N–H and O–H groups in total. The zero-order chi connectivity index (χ0) is 31.2. The van der Waals surface area contributed by atoms with Gasteiger partial charge in [0.1, 0.15) is 0 Å². The summed E-state index contributed by atoms with van der Waals surface area (Å²) in [5.41, 5.74) is -2.41. The minimum Gasteiger partial charge on any atom is -0.259 e. The minimum atomic E-state index is -0.802. The number of hydrogen-bond acceptors (Lipinski definition) is 3. The van der Waals surface area contributed by atoms with E-state index in [4.69, 9.17) is 0 Å². The molecule has 0 aliphatic rings. The Labute approximate surface area is 259 Å². The smallest absolute Gasteiger partial charge is 0.259 e. The number of nitrogens with one attached hydrogen (secondary N) is 3. The molecule has 0 bridgehead atoms. The number of aromatic amines is 3. The standard InChI is InChI=1S/C32H68P.C3H3N3O3/c1-5-9-13-17-18-19-20-21-22-23-24-28-32-33(29-25-14-10-6-2,30-26-15-11-7-3)31-27-16-12-8-4;7-1-4-2(8)6-3(9)5-1/h5-32H2,1-4H3;(H3,4,5,6,7,8,9)/q+1;. The van der Waals surface area contributed by atoms with Crippen LogP contribution in [0.5, 0.6) is 0 Å². The fraction of sp³-hybridized carbons (Fsp3) is 0.914. The Kier molecular flexibility index (Phi) is 29.1. The Balaban J connectivity index is 0.00000157. The molecule has 7 heteroatoms. The third-order valence-electron chi connectivity index (χ3n) is 8.63. The lowest BCUT2D eigenvalue weighted by Crippen LogP contribution is -2.34. The van der Waals surface area contributed by atoms with Gasteiger partial charge in [0.15, 0.2) is 0 Å². The van der Waals surface area contributed by atoms with Crippen molar-refractivity contribution in [2.45, 2.75) is 182 Å². The van der Waals surface area contributed by atoms with Gasteiger partial charge in [0.05, 0.1) is 24.6 Å². The highest BCUT2D eigenvalue weighted by molar-refractivity contribution is 7.75. The lowest BCUT2D eigenvalue weighted by molar-refractivity contribution is 0.548. The summed E-state index contributed by atoms with van der Waals surface area (Å²) in [5, 5.41) is 0. The van der Waals surface area contributed by atoms with Crippen LogP contribution in [0.25, 0.3) is 0 Å². The Bertz CT molecular complexity index is 754. The highest BCUT2D eigenvalue weighted by Crippen LogP contribution is 2.61. The van der Waals surface area contributed by atoms with Crippen LogP contribution >= 0.6 is 7.26 Å². The maximum absolute atomic E-state index is 10.2. The van der Waals surface area contributed by atoms with Gasteiger partial charge in [-0.15, -0.1) is 0 Å². The second kappa shape index (κ2) is 29.9. The van der Waals surface area contributed by atoms with Crippen LogP contribution in [0.2, 0.25) is 0 Å². The van der Waals surface area contributed by atoms with E-state index >= 15 is 0 Å². The van der Waals surface area contributed by atoms with Crippen LogP contribution in [-0.2, 0) is 0 Å². The predicted molar refractivity (Wildman–Crippen MR) is 188 cm³/mol. The van der Waals surface area contributed by atoms with Gasteiger partial charge in [-0.1, -0.05) is 130 Å². The fourth-order valence-electron chi connectivity index (χ4n) is 5.98. The summed E-state index contributed by atoms with van der Waals surface area (Å²) < 4.78 is 0. The Morgan fingerprint density at radius 3 is 0.762 bits per heavy atom. The van der Waals surface area contributed by atoms with E-state index < -0.39 is 24.3 Å². The van der Waals surface area contributed by atoms with Crippen molar-refractivity contribution < 1.29 is 0 Å². The van der Waals surface area contributed by atoms with Crippen LogP contribution in [0.4, 0.5) is 0 Å². The normalized spacial score (nSPS) is 11.4. The maximum Gasteiger partial charge on any atom is 0.330 e. The zero-order valence-electron chi connectivity index (χ0n) is 28.5. The number of H-pyrrole nitrogens is 3. The number of hydrogen-bond donors (Lipinski definition) is 3. The van der Waals surface area contributed by atoms with Crippen LogP contribution < -0.4 is 17.1 Å². The van der Waals surface area contributed by atoms with Crippen LogP contribution in [0.3, 0.4) is 0 Å². The Hall–Kier alpha value is -1.16. The van der Waals surface area contributed by atoms with Gasteiger partial charge >= 0.3 is 17.1 Å². The summed E-state index contributed by atoms with van der Waals surface area (Å²) in [6, 6.07) is 0. The van der Waals surface area contributed by atoms with Gasteiger partial charge in [-0.05, 0) is 51.4 Å². The first-order valence-corrected chi connectivity index (χ1v) is 20.7. The maximum atomic E-state index is 10.2. The molecule has 0 spiro atoms. The molecular weight excluding hydrogens is 541 g/mol. The molecule has 0 saturated heterocycles. The lowest BCUT2D eigenvalue weighted by atomic mass is 10.1. The summed E-state index contributed by atoms with van der Waals surface area (Å²) in [6.45, 7) is 9.41. The molecule has 248 valence electrons. The third-order valence-corrected chi connectivity index (χ3v) is 13.7. The molecule has 42 heavy (non-hydrogen) atoms. The average molecular weight is 613 g/mol. The monoisotopic (exact) mass is 613 g/mol. The number of rotatable bonds is 28. The van der Waals surface area contributed by atoms with Gasteiger partial charge in [-0.25, -0.2) is 14.4 Å². The number of unbranched alkanes of at least 4 members (excludes halogenated alkanes) is 20. The first-order chi connectivity index (χ1) is 20.4. The lowest BCUT2D eigenvalue weighted by Gasteiger charge is -2.28. The highest BCUT2D eigenvalue weighted by Gasteiger charge is 2.34. The molecule has 1 aromatic heterocycles. The molecule has 0 amide bonds. The van der Waals surface area contributed by atoms with Crippen molar-refractivity contribution in [3.8, 4) is 0 Å². The molecule has 6 nitrogen and oxygen atoms in total. The molecule has 0 fully saturated rings. The van der Waals surface area contributed by atoms with Gasteiger partial charge in [0, 0.05) is 7.26 Å². The van der Waals surface area contributed by atoms with Gasteiger partial charge in [-0.2, -0.15) is 0 Å². The molecular formula is C35H71N3O3P+. The van der Waals surface area contributed by atoms with E-state index in [0.717, 1.165) is 0 Å². The Morgan fingerprint density at radius 2 is 0.524 bits per heavy atom. The van der Waals surface area contributed by atoms with Gasteiger partial charge in [0.25, 0.3) is 0 Å². The van der Waals surface area contributed by atoms with Crippen LogP contribution in [0.15, 0.2) is 14.4 Å². The first kappa shape index (κ1) is 40.8. The molecule has 0 saturated carbocycles. The Morgan fingerprint density at radius 1 is 0.333 bits per heavy atom. The van der Waals surface area contributed by atoms with E-state index in [2.05, 4.69) is 27.7 Å². The molecule has 1 aromatic rings. The van der Waals surface area contributed by atoms with Gasteiger partial charge in [0.2, 0.25) is 0 Å². The quantitative estimate of drug-likeness (QED) is 0.0648. The minimum absolute atomic E-state index is 0.697. The van der Waals surface area contributed by atoms with E-state index in [1.807, 2.05) is 0 Å². The fourth-order valence-corrected chi connectivity index (χ4v) is 10.9. The van der Waals surface area contributed by atoms with E-state index in [1.165, 1.54) is 128 Å². The van der Waals surface area contributed by atoms with Gasteiger partial charge in [-0.3, -0.25) is 15.0 Å². The van der Waals surface area contributed by atoms with Crippen molar-refractivity contribution in [3.63, 3.8) is 0 Å². The summed E-state index contributed by atoms with van der Waals surface area (Å²) >= 11 is 0. The molecule has 0 unspecified atom stereocenters. The number of aromatic nitrogens is 3. The van der Waals surface area contributed by atoms with E-state index in [9.17, 15) is 14.4 Å². The van der Waals surface area contributed by atoms with Crippen molar-refractivity contribution in [2.75, 3.05) is 24.6 Å². The molecule has 0 atom stereocenters. The summed E-state index contributed by atoms with van der Waals surface area (Å²) in [5.74, 6) is 0. The van der Waals surface area contributed by atoms with Crippen molar-refractivity contribution in [2.24, 2.45) is 0 Å². The summed E-state index contributed by atoms with van der Waals surface area (Å²) in [6.07, 6.45) is 42.1. The molecule has 1 rings (SSSR count). The second-order valence-corrected chi connectivity index (χ2v) is 17.1. The topological polar surface area (TPSA) is 98.6 Å². The molecule has 0 aliphatic carbocycles. The average Bonchev–Trinajstić information content (AvgIpc) is 2.96. The molecule has 0 aliphatic heterocycles. The SMILES string of the molecule is CCCCCCCCCCCCCC[P+](CCCCCC)(CCCCCC)CCCCCC.O=c1[nH]c(=O)[nH]c(=O)[nH]1. The molecule has 1 heterocycles. The van der Waals surface area contributed by atoms with Crippen molar-refractivity contribution in [3.05, 3.63) is 31.5 Å². The summed E-state index contributed by atoms with van der Waals surface area (Å²) in [7, 11) is -0.697. The van der Waals surface area contributed by atoms with Crippen molar-refractivity contribution >= 4 is 7.26 Å². The predicted octanol–water partition coefficient (Wildman–Crippen LogP) is 10.2. The first-order valence-electron chi connectivity index (χ1n) is 18.2. The van der Waals surface area contributed by atoms with Crippen LogP contribution in [0, 0.1) is 0 Å². The molecule has 0 radical (unpaired) electrons. The van der Waals surface area contributed by atoms with Crippen LogP contribution in [-0.4, -0.2) is 39.6 Å². The van der Waals surface area contributed by atoms with E-state index in [-0.39, 0.29) is 0 Å². The van der Waals surface area contributed by atoms with Gasteiger partial charge < -0.3 is 0 Å². The van der Waals surface area contributed by atoms with Crippen molar-refractivity contribution in [1.29, 1.82) is 0 Å². The van der Waals surface area contributed by atoms with Crippen LogP contribution in [0.1, 0.15) is 182 Å². The zero-order valence-corrected chi connectivity index (χ0v) is 29.4. The second-order valence-electron chi connectivity index (χ2n) is 12.7. The van der Waals surface area contributed by atoms with E-state index in [0.29, 0.717) is 0 Å². The summed E-state index contributed by atoms with van der Waals surface area (Å²) in [4.78, 5) is 35.9. The third kappa shape index (κ3) is 25.3. The van der Waals surface area contributed by atoms with Crippen molar-refractivity contribution in [1.82, 2.24) is 15.0 Å². The molecule has 0 aromatic carbocycles. The van der Waals surface area contributed by atoms with E-state index in [1.54, 1.807) is 65.3 Å². The highest BCUT2D eigenvalue weighted by atomic mass is 31.2. The largest absolute Gasteiger partial charge is 0.330 e.